The maximum atomic E-state index is 13.7. The summed E-state index contributed by atoms with van der Waals surface area (Å²) in [7, 11) is 1.60. The highest BCUT2D eigenvalue weighted by molar-refractivity contribution is 9.10. The fraction of sp³-hybridized carbons (Fsp3) is 0.308. The molecule has 7 heteroatoms. The summed E-state index contributed by atoms with van der Waals surface area (Å²) >= 11 is 5.21. The van der Waals surface area contributed by atoms with Crippen LogP contribution in [0.1, 0.15) is 38.0 Å². The number of amides is 2. The van der Waals surface area contributed by atoms with Crippen LogP contribution in [0.5, 0.6) is 0 Å². The first-order valence-electron chi connectivity index (χ1n) is 10.9. The van der Waals surface area contributed by atoms with Gasteiger partial charge in [-0.1, -0.05) is 42.0 Å². The molecule has 1 aromatic heterocycles. The molecule has 1 unspecified atom stereocenters. The van der Waals surface area contributed by atoms with Crippen molar-refractivity contribution in [3.05, 3.63) is 91.6 Å². The number of ether oxygens (including phenoxy) is 1. The van der Waals surface area contributed by atoms with Crippen molar-refractivity contribution >= 4 is 39.1 Å². The molecule has 5 nitrogen and oxygen atoms in total. The van der Waals surface area contributed by atoms with E-state index in [2.05, 4.69) is 58.6 Å². The number of fused-ring (bicyclic) bond motifs is 1. The smallest absolute Gasteiger partial charge is 0.255 e. The molecule has 3 aromatic rings. The summed E-state index contributed by atoms with van der Waals surface area (Å²) in [5.74, 6) is -0.248. The Kier molecular flexibility index (Phi) is 7.63. The SMILES string of the molecule is COCCN(CC(=O)N1CCc2sccc2C1c1ccc(C)cc1)C(=O)c1ccccc1Br. The molecule has 0 N–H and O–H groups in total. The van der Waals surface area contributed by atoms with E-state index in [0.29, 0.717) is 29.7 Å². The van der Waals surface area contributed by atoms with Gasteiger partial charge < -0.3 is 14.5 Å². The van der Waals surface area contributed by atoms with Crippen molar-refractivity contribution in [2.24, 2.45) is 0 Å². The molecule has 4 rings (SSSR count). The van der Waals surface area contributed by atoms with Crippen molar-refractivity contribution < 1.29 is 14.3 Å². The third kappa shape index (κ3) is 5.21. The van der Waals surface area contributed by atoms with Gasteiger partial charge in [0.05, 0.1) is 18.2 Å². The van der Waals surface area contributed by atoms with Gasteiger partial charge in [-0.25, -0.2) is 0 Å². The highest BCUT2D eigenvalue weighted by Crippen LogP contribution is 2.38. The minimum Gasteiger partial charge on any atom is -0.383 e. The Hall–Kier alpha value is -2.48. The quantitative estimate of drug-likeness (QED) is 0.431. The Morgan fingerprint density at radius 1 is 1.15 bits per heavy atom. The molecule has 1 aliphatic heterocycles. The molecule has 0 fully saturated rings. The standard InChI is InChI=1S/C26H27BrN2O3S/c1-18-7-9-19(10-8-18)25-21-12-16-33-23(21)11-13-29(25)24(30)17-28(14-15-32-2)26(31)20-5-3-4-6-22(20)27/h3-10,12,16,25H,11,13-15,17H2,1-2H3. The zero-order valence-corrected chi connectivity index (χ0v) is 21.2. The minimum absolute atomic E-state index is 0.00532. The molecule has 2 aromatic carbocycles. The molecule has 0 saturated carbocycles. The summed E-state index contributed by atoms with van der Waals surface area (Å²) in [6, 6.07) is 17.6. The summed E-state index contributed by atoms with van der Waals surface area (Å²) in [6.45, 7) is 3.40. The van der Waals surface area contributed by atoms with Gasteiger partial charge in [-0.15, -0.1) is 11.3 Å². The Labute approximate surface area is 207 Å². The largest absolute Gasteiger partial charge is 0.383 e. The molecular weight excluding hydrogens is 500 g/mol. The predicted octanol–water partition coefficient (Wildman–Crippen LogP) is 5.08. The van der Waals surface area contributed by atoms with Gasteiger partial charge in [-0.05, 0) is 64.0 Å². The van der Waals surface area contributed by atoms with Gasteiger partial charge in [-0.3, -0.25) is 9.59 Å². The second-order valence-electron chi connectivity index (χ2n) is 8.15. The van der Waals surface area contributed by atoms with Crippen LogP contribution in [0, 0.1) is 6.92 Å². The third-order valence-electron chi connectivity index (χ3n) is 5.96. The first-order chi connectivity index (χ1) is 16.0. The normalized spacial score (nSPS) is 15.2. The van der Waals surface area contributed by atoms with Crippen molar-refractivity contribution in [2.75, 3.05) is 33.4 Å². The summed E-state index contributed by atoms with van der Waals surface area (Å²) in [4.78, 5) is 31.8. The van der Waals surface area contributed by atoms with E-state index in [4.69, 9.17) is 4.74 Å². The Bertz CT molecular complexity index is 1130. The van der Waals surface area contributed by atoms with Crippen LogP contribution in [-0.4, -0.2) is 55.0 Å². The number of hydrogen-bond acceptors (Lipinski definition) is 4. The number of rotatable bonds is 7. The molecule has 0 spiro atoms. The number of hydrogen-bond donors (Lipinski definition) is 0. The summed E-state index contributed by atoms with van der Waals surface area (Å²) in [5, 5.41) is 2.10. The molecule has 0 radical (unpaired) electrons. The number of carbonyl (C=O) groups excluding carboxylic acids is 2. The second-order valence-corrected chi connectivity index (χ2v) is 10.0. The van der Waals surface area contributed by atoms with Gasteiger partial charge in [0.25, 0.3) is 5.91 Å². The molecule has 0 bridgehead atoms. The van der Waals surface area contributed by atoms with Crippen LogP contribution in [0.25, 0.3) is 0 Å². The molecule has 0 aliphatic carbocycles. The second kappa shape index (κ2) is 10.6. The minimum atomic E-state index is -0.187. The van der Waals surface area contributed by atoms with E-state index in [1.807, 2.05) is 23.1 Å². The summed E-state index contributed by atoms with van der Waals surface area (Å²) in [6.07, 6.45) is 0.831. The molecule has 2 amide bonds. The molecular formula is C26H27BrN2O3S. The Morgan fingerprint density at radius 3 is 2.64 bits per heavy atom. The van der Waals surface area contributed by atoms with Crippen LogP contribution >= 0.6 is 27.3 Å². The molecule has 33 heavy (non-hydrogen) atoms. The third-order valence-corrected chi connectivity index (χ3v) is 7.65. The van der Waals surface area contributed by atoms with Crippen molar-refractivity contribution in [1.82, 2.24) is 9.80 Å². The van der Waals surface area contributed by atoms with Gasteiger partial charge in [0, 0.05) is 29.5 Å². The fourth-order valence-corrected chi connectivity index (χ4v) is 5.56. The van der Waals surface area contributed by atoms with Gasteiger partial charge in [0.1, 0.15) is 6.54 Å². The highest BCUT2D eigenvalue weighted by atomic mass is 79.9. The lowest BCUT2D eigenvalue weighted by Gasteiger charge is -2.37. The lowest BCUT2D eigenvalue weighted by molar-refractivity contribution is -0.134. The van der Waals surface area contributed by atoms with Gasteiger partial charge in [0.15, 0.2) is 0 Å². The zero-order chi connectivity index (χ0) is 23.4. The van der Waals surface area contributed by atoms with Crippen LogP contribution < -0.4 is 0 Å². The Balaban J connectivity index is 1.62. The van der Waals surface area contributed by atoms with Gasteiger partial charge in [-0.2, -0.15) is 0 Å². The van der Waals surface area contributed by atoms with Crippen molar-refractivity contribution in [3.63, 3.8) is 0 Å². The average molecular weight is 527 g/mol. The summed E-state index contributed by atoms with van der Waals surface area (Å²) in [5.41, 5.74) is 4.00. The number of carbonyl (C=O) groups is 2. The topological polar surface area (TPSA) is 49.9 Å². The number of nitrogens with zero attached hydrogens (tertiary/aromatic N) is 2. The van der Waals surface area contributed by atoms with E-state index < -0.39 is 0 Å². The number of aryl methyl sites for hydroxylation is 1. The lowest BCUT2D eigenvalue weighted by atomic mass is 9.92. The van der Waals surface area contributed by atoms with E-state index in [1.54, 1.807) is 29.4 Å². The van der Waals surface area contributed by atoms with Crippen LogP contribution in [0.4, 0.5) is 0 Å². The fourth-order valence-electron chi connectivity index (χ4n) is 4.21. The van der Waals surface area contributed by atoms with Crippen molar-refractivity contribution in [3.8, 4) is 0 Å². The number of thiophene rings is 1. The maximum absolute atomic E-state index is 13.7. The van der Waals surface area contributed by atoms with Crippen molar-refractivity contribution in [2.45, 2.75) is 19.4 Å². The van der Waals surface area contributed by atoms with Crippen LogP contribution in [-0.2, 0) is 16.0 Å². The number of benzene rings is 2. The van der Waals surface area contributed by atoms with Gasteiger partial charge >= 0.3 is 0 Å². The van der Waals surface area contributed by atoms with E-state index >= 15 is 0 Å². The van der Waals surface area contributed by atoms with Crippen LogP contribution in [0.3, 0.4) is 0 Å². The van der Waals surface area contributed by atoms with Crippen molar-refractivity contribution in [1.29, 1.82) is 0 Å². The van der Waals surface area contributed by atoms with E-state index in [0.717, 1.165) is 12.0 Å². The highest BCUT2D eigenvalue weighted by Gasteiger charge is 2.34. The van der Waals surface area contributed by atoms with Crippen LogP contribution in [0.2, 0.25) is 0 Å². The molecule has 0 saturated heterocycles. The van der Waals surface area contributed by atoms with Crippen LogP contribution in [0.15, 0.2) is 64.5 Å². The Morgan fingerprint density at radius 2 is 1.91 bits per heavy atom. The molecule has 172 valence electrons. The maximum Gasteiger partial charge on any atom is 0.255 e. The monoisotopic (exact) mass is 526 g/mol. The van der Waals surface area contributed by atoms with Gasteiger partial charge in [0.2, 0.25) is 5.91 Å². The molecule has 2 heterocycles. The predicted molar refractivity (Wildman–Crippen MR) is 135 cm³/mol. The van der Waals surface area contributed by atoms with E-state index in [9.17, 15) is 9.59 Å². The van der Waals surface area contributed by atoms with E-state index in [1.165, 1.54) is 16.0 Å². The lowest BCUT2D eigenvalue weighted by Crippen LogP contribution is -2.47. The summed E-state index contributed by atoms with van der Waals surface area (Å²) < 4.78 is 5.94. The first kappa shape index (κ1) is 23.7. The molecule has 1 atom stereocenters. The van der Waals surface area contributed by atoms with E-state index in [-0.39, 0.29) is 24.4 Å². The zero-order valence-electron chi connectivity index (χ0n) is 18.8. The first-order valence-corrected chi connectivity index (χ1v) is 12.6. The number of halogens is 1. The molecule has 1 aliphatic rings. The average Bonchev–Trinajstić information content (AvgIpc) is 3.30. The number of methoxy groups -OCH3 is 1.